The Hall–Kier alpha value is -4.04. The van der Waals surface area contributed by atoms with Gasteiger partial charge >= 0.3 is 41.9 Å². The van der Waals surface area contributed by atoms with E-state index in [1.807, 2.05) is 0 Å². The molecule has 0 heterocycles. The van der Waals surface area contributed by atoms with Crippen LogP contribution in [0.25, 0.3) is 76.5 Å². The Morgan fingerprint density at radius 1 is 0.462 bits per heavy atom. The van der Waals surface area contributed by atoms with Gasteiger partial charge in [0.05, 0.1) is 0 Å². The molecule has 0 aliphatic heterocycles. The Morgan fingerprint density at radius 3 is 1.65 bits per heavy atom. The molecule has 9 rings (SSSR count). The zero-order valence-corrected chi connectivity index (χ0v) is 34.9. The van der Waals surface area contributed by atoms with Crippen molar-refractivity contribution in [3.05, 3.63) is 181 Å². The van der Waals surface area contributed by atoms with Crippen molar-refractivity contribution >= 4 is 48.5 Å². The third kappa shape index (κ3) is 8.43. The van der Waals surface area contributed by atoms with Gasteiger partial charge < -0.3 is 24.8 Å². The van der Waals surface area contributed by atoms with E-state index in [1.165, 1.54) is 87.6 Å². The molecule has 0 amide bonds. The van der Waals surface area contributed by atoms with Gasteiger partial charge in [0.25, 0.3) is 0 Å². The summed E-state index contributed by atoms with van der Waals surface area (Å²) in [6, 6.07) is 61.3. The molecule has 0 saturated carbocycles. The minimum absolute atomic E-state index is 0. The second kappa shape index (κ2) is 17.7. The van der Waals surface area contributed by atoms with E-state index >= 15 is 0 Å². The van der Waals surface area contributed by atoms with Gasteiger partial charge in [-0.05, 0) is 32.7 Å². The quantitative estimate of drug-likeness (QED) is 0.126. The van der Waals surface area contributed by atoms with E-state index in [2.05, 4.69) is 197 Å². The zero-order chi connectivity index (χ0) is 34.6. The number of halogens is 2. The summed E-state index contributed by atoms with van der Waals surface area (Å²) in [5.74, 6) is 0. The smallest absolute Gasteiger partial charge is 0.0114 e. The van der Waals surface area contributed by atoms with Crippen LogP contribution in [0, 0.1) is 13.8 Å². The third-order valence-electron chi connectivity index (χ3n) is 9.27. The summed E-state index contributed by atoms with van der Waals surface area (Å²) in [7, 11) is 0. The summed E-state index contributed by atoms with van der Waals surface area (Å²) in [5.41, 5.74) is 10.7. The Kier molecular flexibility index (Phi) is 13.3. The van der Waals surface area contributed by atoms with Gasteiger partial charge in [-0.3, -0.25) is 0 Å². The first-order valence-corrected chi connectivity index (χ1v) is 23.5. The van der Waals surface area contributed by atoms with Crippen LogP contribution in [0.2, 0.25) is 13.1 Å². The summed E-state index contributed by atoms with van der Waals surface area (Å²) in [6.45, 7) is 8.98. The predicted octanol–water partition coefficient (Wildman–Crippen LogP) is 7.83. The van der Waals surface area contributed by atoms with Crippen molar-refractivity contribution in [3.8, 4) is 33.4 Å². The minimum atomic E-state index is 0. The molecule has 0 unspecified atom stereocenters. The molecule has 0 saturated heterocycles. The van der Waals surface area contributed by atoms with Crippen molar-refractivity contribution in [1.29, 1.82) is 0 Å². The summed E-state index contributed by atoms with van der Waals surface area (Å²) >= 11 is 1.74. The topological polar surface area (TPSA) is 0 Å². The Balaban J connectivity index is 0.000000178. The third-order valence-corrected chi connectivity index (χ3v) is 9.27. The number of rotatable bonds is 3. The molecule has 0 N–H and O–H groups in total. The van der Waals surface area contributed by atoms with Crippen LogP contribution in [0.4, 0.5) is 0 Å². The van der Waals surface area contributed by atoms with E-state index in [9.17, 15) is 0 Å². The van der Waals surface area contributed by atoms with E-state index in [4.69, 9.17) is 0 Å². The maximum absolute atomic E-state index is 2.33. The van der Waals surface area contributed by atoms with Crippen LogP contribution in [-0.2, 0) is 23.3 Å². The Morgan fingerprint density at radius 2 is 0.981 bits per heavy atom. The molecule has 0 aromatic heterocycles. The van der Waals surface area contributed by atoms with Crippen molar-refractivity contribution in [2.75, 3.05) is 0 Å². The van der Waals surface area contributed by atoms with E-state index in [0.29, 0.717) is 0 Å². The molecule has 0 fully saturated rings. The molecule has 4 heteroatoms. The van der Waals surface area contributed by atoms with Crippen LogP contribution >= 0.6 is 0 Å². The molecule has 0 aliphatic carbocycles. The van der Waals surface area contributed by atoms with Gasteiger partial charge in [-0.2, -0.15) is 6.07 Å². The minimum Gasteiger partial charge on any atom is -1.00 e. The van der Waals surface area contributed by atoms with Crippen molar-refractivity contribution in [2.24, 2.45) is 0 Å². The van der Waals surface area contributed by atoms with Gasteiger partial charge in [0.15, 0.2) is 0 Å². The molecule has 0 nitrogen and oxygen atoms in total. The SMILES string of the molecule is C[Si](C)=[Zr+2].Cc1cc2c(-c3cccc4ccccc34)ccc(C)c2[cH-]1.[Cl-].[Cl-].c1ccc(-c2cccc3[cH-]c(-c4cccc5ccccc45)cc23)cc1. The van der Waals surface area contributed by atoms with Crippen molar-refractivity contribution in [2.45, 2.75) is 26.9 Å². The van der Waals surface area contributed by atoms with Crippen molar-refractivity contribution in [1.82, 2.24) is 0 Å². The average molecular weight is 807 g/mol. The molecule has 0 bridgehead atoms. The van der Waals surface area contributed by atoms with E-state index in [1.54, 1.807) is 23.3 Å². The second-order valence-electron chi connectivity index (χ2n) is 13.3. The van der Waals surface area contributed by atoms with E-state index in [0.717, 1.165) is 0 Å². The number of benzene rings is 7. The van der Waals surface area contributed by atoms with Gasteiger partial charge in [0, 0.05) is 0 Å². The van der Waals surface area contributed by atoms with E-state index in [-0.39, 0.29) is 30.2 Å². The average Bonchev–Trinajstić information content (AvgIpc) is 3.76. The maximum atomic E-state index is 2.33. The normalized spacial score (nSPS) is 10.5. The Labute approximate surface area is 335 Å². The summed E-state index contributed by atoms with van der Waals surface area (Å²) in [4.78, 5) is 0. The molecule has 256 valence electrons. The molecule has 0 radical (unpaired) electrons. The van der Waals surface area contributed by atoms with Crippen molar-refractivity contribution in [3.63, 3.8) is 0 Å². The van der Waals surface area contributed by atoms with Crippen LogP contribution in [-0.4, -0.2) is 5.43 Å². The van der Waals surface area contributed by atoms with Crippen LogP contribution in [0.15, 0.2) is 170 Å². The standard InChI is InChI=1S/C25H17.C21H17.C2H6Si.2ClH.Zr/c1-2-8-18(9-3-1)23-14-7-12-20-16-21(17-25(20)23)24-15-6-11-19-10-4-5-13-22(19)24;1-14-12-20-15(2)10-11-19(21(20)13-14)18-9-5-7-16-6-3-4-8-17(16)18;1-3-2;;;/h1-17H;3-13H,1-2H3;1-2H3;2*1H;/q2*-1;;;;+2/p-2. The van der Waals surface area contributed by atoms with Crippen LogP contribution in [0.1, 0.15) is 11.1 Å². The molecule has 0 aliphatic rings. The molecule has 9 aromatic rings. The Bertz CT molecular complexity index is 2600. The largest absolute Gasteiger partial charge is 1.00 e. The van der Waals surface area contributed by atoms with Gasteiger partial charge in [0.2, 0.25) is 0 Å². The first-order chi connectivity index (χ1) is 24.4. The zero-order valence-electron chi connectivity index (χ0n) is 29.9. The molecule has 0 spiro atoms. The molecular weight excluding hydrogens is 767 g/mol. The van der Waals surface area contributed by atoms with Crippen LogP contribution in [0.5, 0.6) is 0 Å². The summed E-state index contributed by atoms with van der Waals surface area (Å²) < 4.78 is 0. The fourth-order valence-electron chi connectivity index (χ4n) is 7.02. The van der Waals surface area contributed by atoms with E-state index < -0.39 is 0 Å². The number of aryl methyl sites for hydroxylation is 2. The van der Waals surface area contributed by atoms with Gasteiger partial charge in [-0.15, -0.1) is 68.6 Å². The molecular formula is C48H40Cl2SiZr-2. The first kappa shape index (κ1) is 39.2. The molecule has 52 heavy (non-hydrogen) atoms. The van der Waals surface area contributed by atoms with Gasteiger partial charge in [0.1, 0.15) is 0 Å². The molecule has 0 atom stereocenters. The first-order valence-electron chi connectivity index (χ1n) is 17.3. The second-order valence-corrected chi connectivity index (χ2v) is 22.6. The maximum Gasteiger partial charge on any atom is -0.0114 e. The van der Waals surface area contributed by atoms with Gasteiger partial charge in [-0.25, -0.2) is 0 Å². The van der Waals surface area contributed by atoms with Crippen molar-refractivity contribution < 1.29 is 48.1 Å². The van der Waals surface area contributed by atoms with Gasteiger partial charge in [-0.1, -0.05) is 164 Å². The van der Waals surface area contributed by atoms with Crippen LogP contribution < -0.4 is 24.8 Å². The molecule has 9 aromatic carbocycles. The number of hydrogen-bond donors (Lipinski definition) is 0. The predicted molar refractivity (Wildman–Crippen MR) is 217 cm³/mol. The fourth-order valence-corrected chi connectivity index (χ4v) is 7.02. The number of fused-ring (bicyclic) bond motifs is 4. The summed E-state index contributed by atoms with van der Waals surface area (Å²) in [6.07, 6.45) is 0. The summed E-state index contributed by atoms with van der Waals surface area (Å²) in [5, 5.41) is 10.6. The number of hydrogen-bond acceptors (Lipinski definition) is 0. The fraction of sp³-hybridized carbons (Fsp3) is 0.0833. The monoisotopic (exact) mass is 804 g/mol. The van der Waals surface area contributed by atoms with Crippen LogP contribution in [0.3, 0.4) is 0 Å².